The minimum Gasteiger partial charge on any atom is -0.466 e. The summed E-state index contributed by atoms with van der Waals surface area (Å²) in [4.78, 5) is 30.6. The summed E-state index contributed by atoms with van der Waals surface area (Å²) in [5.41, 5.74) is 3.85. The summed E-state index contributed by atoms with van der Waals surface area (Å²) < 4.78 is 6.01. The zero-order chi connectivity index (χ0) is 17.6. The van der Waals surface area contributed by atoms with Crippen molar-refractivity contribution in [3.63, 3.8) is 0 Å². The number of nitrogens with zero attached hydrogens (tertiary/aromatic N) is 2. The van der Waals surface area contributed by atoms with Crippen LogP contribution in [0.1, 0.15) is 23.7 Å². The molecule has 0 unspecified atom stereocenters. The van der Waals surface area contributed by atoms with E-state index in [1.807, 2.05) is 36.4 Å². The van der Waals surface area contributed by atoms with Crippen molar-refractivity contribution in [1.29, 1.82) is 0 Å². The number of para-hydroxylation sites is 1. The van der Waals surface area contributed by atoms with Gasteiger partial charge in [0, 0.05) is 17.8 Å². The number of amides is 1. The van der Waals surface area contributed by atoms with Crippen LogP contribution < -0.4 is 4.90 Å². The fourth-order valence-corrected chi connectivity index (χ4v) is 3.20. The largest absolute Gasteiger partial charge is 0.466 e. The summed E-state index contributed by atoms with van der Waals surface area (Å²) in [6.07, 6.45) is 0.146. The van der Waals surface area contributed by atoms with Crippen molar-refractivity contribution in [2.75, 3.05) is 18.1 Å². The normalized spacial score (nSPS) is 10.6. The molecule has 2 aromatic carbocycles. The van der Waals surface area contributed by atoms with E-state index in [1.165, 1.54) is 11.3 Å². The minimum absolute atomic E-state index is 0.146. The van der Waals surface area contributed by atoms with Crippen molar-refractivity contribution in [2.24, 2.45) is 0 Å². The Balaban J connectivity index is 1.86. The third-order valence-electron chi connectivity index (χ3n) is 3.74. The second-order valence-corrected chi connectivity index (χ2v) is 6.27. The number of aromatic nitrogens is 1. The van der Waals surface area contributed by atoms with E-state index in [0.29, 0.717) is 12.2 Å². The second-order valence-electron chi connectivity index (χ2n) is 5.38. The summed E-state index contributed by atoms with van der Waals surface area (Å²) in [5, 5.41) is 0. The molecule has 0 aliphatic carbocycles. The molecule has 128 valence electrons. The van der Waals surface area contributed by atoms with Gasteiger partial charge in [-0.1, -0.05) is 18.2 Å². The van der Waals surface area contributed by atoms with Gasteiger partial charge in [0.2, 0.25) is 0 Å². The van der Waals surface area contributed by atoms with Crippen LogP contribution in [-0.4, -0.2) is 30.0 Å². The van der Waals surface area contributed by atoms with Crippen LogP contribution in [0.15, 0.2) is 54.0 Å². The van der Waals surface area contributed by atoms with Crippen LogP contribution in [-0.2, 0) is 9.53 Å². The summed E-state index contributed by atoms with van der Waals surface area (Å²) >= 11 is 1.53. The standard InChI is InChI=1S/C19H18N2O3S/c1-2-24-18(22)10-11-21(15-6-4-3-5-7-15)19(23)14-8-9-17-16(12-14)20-13-25-17/h3-9,12-13H,2,10-11H2,1H3. The Morgan fingerprint density at radius 3 is 2.72 bits per heavy atom. The molecule has 0 aliphatic heterocycles. The van der Waals surface area contributed by atoms with Gasteiger partial charge >= 0.3 is 5.97 Å². The lowest BCUT2D eigenvalue weighted by molar-refractivity contribution is -0.142. The van der Waals surface area contributed by atoms with E-state index < -0.39 is 0 Å². The zero-order valence-electron chi connectivity index (χ0n) is 13.8. The van der Waals surface area contributed by atoms with Crippen LogP contribution in [0.2, 0.25) is 0 Å². The Morgan fingerprint density at radius 1 is 1.16 bits per heavy atom. The SMILES string of the molecule is CCOC(=O)CCN(C(=O)c1ccc2scnc2c1)c1ccccc1. The maximum absolute atomic E-state index is 13.0. The van der Waals surface area contributed by atoms with Crippen molar-refractivity contribution < 1.29 is 14.3 Å². The van der Waals surface area contributed by atoms with Crippen molar-refractivity contribution in [1.82, 2.24) is 4.98 Å². The molecule has 0 aliphatic rings. The molecule has 0 saturated heterocycles. The zero-order valence-corrected chi connectivity index (χ0v) is 14.7. The number of ether oxygens (including phenoxy) is 1. The molecule has 3 rings (SSSR count). The molecule has 1 aromatic heterocycles. The topological polar surface area (TPSA) is 59.5 Å². The molecule has 3 aromatic rings. The number of thiazole rings is 1. The van der Waals surface area contributed by atoms with E-state index in [4.69, 9.17) is 4.74 Å². The summed E-state index contributed by atoms with van der Waals surface area (Å²) in [6.45, 7) is 2.36. The first kappa shape index (κ1) is 17.1. The van der Waals surface area contributed by atoms with Gasteiger partial charge in [-0.3, -0.25) is 9.59 Å². The number of anilines is 1. The van der Waals surface area contributed by atoms with Crippen LogP contribution in [0.5, 0.6) is 0 Å². The van der Waals surface area contributed by atoms with Crippen LogP contribution >= 0.6 is 11.3 Å². The minimum atomic E-state index is -0.314. The first-order valence-electron chi connectivity index (χ1n) is 8.05. The van der Waals surface area contributed by atoms with Crippen LogP contribution in [0.3, 0.4) is 0 Å². The van der Waals surface area contributed by atoms with Gasteiger partial charge in [0.1, 0.15) is 0 Å². The highest BCUT2D eigenvalue weighted by Crippen LogP contribution is 2.22. The number of carbonyl (C=O) groups is 2. The third kappa shape index (κ3) is 4.03. The monoisotopic (exact) mass is 354 g/mol. The lowest BCUT2D eigenvalue weighted by Crippen LogP contribution is -2.33. The molecule has 0 atom stereocenters. The van der Waals surface area contributed by atoms with Gasteiger partial charge in [-0.05, 0) is 37.3 Å². The third-order valence-corrected chi connectivity index (χ3v) is 4.55. The summed E-state index contributed by atoms with van der Waals surface area (Å²) in [5.74, 6) is -0.475. The highest BCUT2D eigenvalue weighted by atomic mass is 32.1. The fraction of sp³-hybridized carbons (Fsp3) is 0.211. The van der Waals surface area contributed by atoms with Crippen LogP contribution in [0.4, 0.5) is 5.69 Å². The molecule has 1 heterocycles. The van der Waals surface area contributed by atoms with E-state index >= 15 is 0 Å². The van der Waals surface area contributed by atoms with Crippen LogP contribution in [0.25, 0.3) is 10.2 Å². The summed E-state index contributed by atoms with van der Waals surface area (Å²) in [6, 6.07) is 14.8. The number of esters is 1. The van der Waals surface area contributed by atoms with Crippen molar-refractivity contribution in [2.45, 2.75) is 13.3 Å². The van der Waals surface area contributed by atoms with Gasteiger partial charge in [0.25, 0.3) is 5.91 Å². The predicted molar refractivity (Wildman–Crippen MR) is 99.0 cm³/mol. The Kier molecular flexibility index (Phi) is 5.40. The van der Waals surface area contributed by atoms with Gasteiger partial charge in [-0.2, -0.15) is 0 Å². The molecule has 0 saturated carbocycles. The molecule has 0 bridgehead atoms. The van der Waals surface area contributed by atoms with Gasteiger partial charge in [-0.25, -0.2) is 4.98 Å². The van der Waals surface area contributed by atoms with E-state index in [0.717, 1.165) is 15.9 Å². The fourth-order valence-electron chi connectivity index (χ4n) is 2.54. The highest BCUT2D eigenvalue weighted by molar-refractivity contribution is 7.16. The van der Waals surface area contributed by atoms with E-state index in [1.54, 1.807) is 29.5 Å². The van der Waals surface area contributed by atoms with Gasteiger partial charge in [0.05, 0.1) is 28.8 Å². The molecule has 0 N–H and O–H groups in total. The van der Waals surface area contributed by atoms with Crippen LogP contribution in [0, 0.1) is 0 Å². The van der Waals surface area contributed by atoms with Crippen molar-refractivity contribution >= 4 is 39.1 Å². The summed E-state index contributed by atoms with van der Waals surface area (Å²) in [7, 11) is 0. The van der Waals surface area contributed by atoms with Gasteiger partial charge in [-0.15, -0.1) is 11.3 Å². The van der Waals surface area contributed by atoms with Gasteiger partial charge in [0.15, 0.2) is 0 Å². The highest BCUT2D eigenvalue weighted by Gasteiger charge is 2.19. The van der Waals surface area contributed by atoms with Gasteiger partial charge < -0.3 is 9.64 Å². The number of fused-ring (bicyclic) bond motifs is 1. The Labute approximate surface area is 149 Å². The first-order chi connectivity index (χ1) is 12.2. The second kappa shape index (κ2) is 7.90. The number of benzene rings is 2. The first-order valence-corrected chi connectivity index (χ1v) is 8.93. The predicted octanol–water partition coefficient (Wildman–Crippen LogP) is 3.90. The number of hydrogen-bond donors (Lipinski definition) is 0. The molecule has 0 radical (unpaired) electrons. The smallest absolute Gasteiger partial charge is 0.307 e. The lowest BCUT2D eigenvalue weighted by atomic mass is 10.1. The Hall–Kier alpha value is -2.73. The number of hydrogen-bond acceptors (Lipinski definition) is 5. The molecule has 25 heavy (non-hydrogen) atoms. The van der Waals surface area contributed by atoms with E-state index in [2.05, 4.69) is 4.98 Å². The average molecular weight is 354 g/mol. The molecular formula is C19H18N2O3S. The maximum Gasteiger partial charge on any atom is 0.307 e. The molecule has 0 fully saturated rings. The van der Waals surface area contributed by atoms with Crippen molar-refractivity contribution in [3.05, 3.63) is 59.6 Å². The quantitative estimate of drug-likeness (QED) is 0.630. The maximum atomic E-state index is 13.0. The van der Waals surface area contributed by atoms with Crippen molar-refractivity contribution in [3.8, 4) is 0 Å². The Bertz CT molecular complexity index is 877. The van der Waals surface area contributed by atoms with E-state index in [-0.39, 0.29) is 24.8 Å². The molecule has 0 spiro atoms. The van der Waals surface area contributed by atoms with E-state index in [9.17, 15) is 9.59 Å². The lowest BCUT2D eigenvalue weighted by Gasteiger charge is -2.22. The molecule has 5 nitrogen and oxygen atoms in total. The molecular weight excluding hydrogens is 336 g/mol. The average Bonchev–Trinajstić information content (AvgIpc) is 3.10. The molecule has 6 heteroatoms. The number of carbonyl (C=O) groups excluding carboxylic acids is 2. The number of rotatable bonds is 6. The Morgan fingerprint density at radius 2 is 1.96 bits per heavy atom. The molecule has 1 amide bonds.